The number of rotatable bonds is 6. The molecule has 1 aliphatic rings. The van der Waals surface area contributed by atoms with Crippen LogP contribution in [0.5, 0.6) is 0 Å². The normalized spacial score (nSPS) is 23.4. The highest BCUT2D eigenvalue weighted by Crippen LogP contribution is 2.30. The lowest BCUT2D eigenvalue weighted by Crippen LogP contribution is -2.38. The Morgan fingerprint density at radius 2 is 2.14 bits per heavy atom. The fourth-order valence-electron chi connectivity index (χ4n) is 3.18. The number of thiophene rings is 1. The van der Waals surface area contributed by atoms with Gasteiger partial charge < -0.3 is 5.32 Å². The van der Waals surface area contributed by atoms with Crippen molar-refractivity contribution in [3.63, 3.8) is 0 Å². The standard InChI is InChI=1S/C15H26N2O2S2/c1-4-12-6-5-7-13(8-12)17-21(18,19)15-11(2)10-20-14(15)9-16-3/h10,12-13,16-17H,4-9H2,1-3H3. The zero-order valence-electron chi connectivity index (χ0n) is 13.1. The van der Waals surface area contributed by atoms with E-state index in [9.17, 15) is 8.42 Å². The molecule has 1 heterocycles. The molecule has 0 spiro atoms. The molecule has 0 radical (unpaired) electrons. The summed E-state index contributed by atoms with van der Waals surface area (Å²) in [7, 11) is -1.57. The van der Waals surface area contributed by atoms with E-state index in [1.807, 2.05) is 19.4 Å². The highest BCUT2D eigenvalue weighted by atomic mass is 32.2. The third-order valence-electron chi connectivity index (χ3n) is 4.28. The van der Waals surface area contributed by atoms with Gasteiger partial charge >= 0.3 is 0 Å². The SMILES string of the molecule is CCC1CCCC(NS(=O)(=O)c2c(C)csc2CNC)C1. The topological polar surface area (TPSA) is 58.2 Å². The van der Waals surface area contributed by atoms with Crippen LogP contribution >= 0.6 is 11.3 Å². The summed E-state index contributed by atoms with van der Waals surface area (Å²) in [6.07, 6.45) is 5.43. The Labute approximate surface area is 132 Å². The largest absolute Gasteiger partial charge is 0.315 e. The van der Waals surface area contributed by atoms with Gasteiger partial charge in [0.1, 0.15) is 4.90 Å². The lowest BCUT2D eigenvalue weighted by atomic mass is 9.85. The Kier molecular flexibility index (Phi) is 5.82. The van der Waals surface area contributed by atoms with Gasteiger partial charge in [0.05, 0.1) is 0 Å². The number of hydrogen-bond acceptors (Lipinski definition) is 4. The molecule has 0 saturated heterocycles. The minimum absolute atomic E-state index is 0.0930. The molecule has 1 aromatic rings. The first-order chi connectivity index (χ1) is 9.97. The van der Waals surface area contributed by atoms with E-state index in [-0.39, 0.29) is 6.04 Å². The van der Waals surface area contributed by atoms with Crippen LogP contribution in [0.3, 0.4) is 0 Å². The molecular formula is C15H26N2O2S2. The van der Waals surface area contributed by atoms with Crippen LogP contribution in [0.2, 0.25) is 0 Å². The molecule has 1 fully saturated rings. The molecule has 21 heavy (non-hydrogen) atoms. The van der Waals surface area contributed by atoms with Crippen molar-refractivity contribution >= 4 is 21.4 Å². The van der Waals surface area contributed by atoms with Crippen LogP contribution in [0, 0.1) is 12.8 Å². The molecule has 4 nitrogen and oxygen atoms in total. The summed E-state index contributed by atoms with van der Waals surface area (Å²) in [6, 6.07) is 0.0930. The summed E-state index contributed by atoms with van der Waals surface area (Å²) >= 11 is 1.51. The molecule has 6 heteroatoms. The molecule has 1 aromatic heterocycles. The summed E-state index contributed by atoms with van der Waals surface area (Å²) in [5.74, 6) is 0.659. The van der Waals surface area contributed by atoms with Crippen molar-refractivity contribution in [1.29, 1.82) is 0 Å². The molecule has 2 N–H and O–H groups in total. The van der Waals surface area contributed by atoms with E-state index in [4.69, 9.17) is 0 Å². The second kappa shape index (κ2) is 7.22. The molecule has 0 aromatic carbocycles. The fourth-order valence-corrected chi connectivity index (χ4v) is 6.28. The van der Waals surface area contributed by atoms with Crippen molar-refractivity contribution in [2.75, 3.05) is 7.05 Å². The van der Waals surface area contributed by atoms with Gasteiger partial charge in [0.25, 0.3) is 0 Å². The lowest BCUT2D eigenvalue weighted by Gasteiger charge is -2.29. The molecule has 120 valence electrons. The summed E-state index contributed by atoms with van der Waals surface area (Å²) in [6.45, 7) is 4.66. The van der Waals surface area contributed by atoms with Crippen LogP contribution in [0.1, 0.15) is 49.5 Å². The minimum Gasteiger partial charge on any atom is -0.315 e. The number of sulfonamides is 1. The molecule has 1 aliphatic carbocycles. The van der Waals surface area contributed by atoms with Gasteiger partial charge in [-0.15, -0.1) is 11.3 Å². The molecule has 2 unspecified atom stereocenters. The van der Waals surface area contributed by atoms with Gasteiger partial charge in [-0.1, -0.05) is 26.2 Å². The summed E-state index contributed by atoms with van der Waals surface area (Å²) in [4.78, 5) is 1.38. The van der Waals surface area contributed by atoms with Crippen LogP contribution in [0.25, 0.3) is 0 Å². The van der Waals surface area contributed by atoms with Crippen molar-refractivity contribution in [2.45, 2.75) is 63.4 Å². The van der Waals surface area contributed by atoms with E-state index in [0.29, 0.717) is 17.4 Å². The zero-order chi connectivity index (χ0) is 15.5. The molecule has 0 amide bonds. The molecule has 0 aliphatic heterocycles. The Hall–Kier alpha value is -0.430. The quantitative estimate of drug-likeness (QED) is 0.843. The van der Waals surface area contributed by atoms with Crippen molar-refractivity contribution in [2.24, 2.45) is 5.92 Å². The van der Waals surface area contributed by atoms with E-state index >= 15 is 0 Å². The van der Waals surface area contributed by atoms with E-state index in [1.54, 1.807) is 0 Å². The first-order valence-corrected chi connectivity index (χ1v) is 10.1. The van der Waals surface area contributed by atoms with Crippen molar-refractivity contribution in [3.05, 3.63) is 15.8 Å². The van der Waals surface area contributed by atoms with Gasteiger partial charge in [-0.05, 0) is 43.7 Å². The molecule has 2 rings (SSSR count). The molecule has 1 saturated carbocycles. The Balaban J connectivity index is 2.16. The lowest BCUT2D eigenvalue weighted by molar-refractivity contribution is 0.301. The van der Waals surface area contributed by atoms with Crippen LogP contribution in [0.4, 0.5) is 0 Å². The predicted molar refractivity (Wildman–Crippen MR) is 88.2 cm³/mol. The Morgan fingerprint density at radius 3 is 2.81 bits per heavy atom. The summed E-state index contributed by atoms with van der Waals surface area (Å²) < 4.78 is 28.4. The maximum atomic E-state index is 12.7. The average Bonchev–Trinajstić information content (AvgIpc) is 2.81. The second-order valence-electron chi connectivity index (χ2n) is 5.96. The fraction of sp³-hybridized carbons (Fsp3) is 0.733. The van der Waals surface area contributed by atoms with Gasteiger partial charge in [-0.25, -0.2) is 13.1 Å². The smallest absolute Gasteiger partial charge is 0.242 e. The number of hydrogen-bond donors (Lipinski definition) is 2. The third kappa shape index (κ3) is 4.06. The van der Waals surface area contributed by atoms with Gasteiger partial charge in [-0.2, -0.15) is 0 Å². The van der Waals surface area contributed by atoms with Crippen molar-refractivity contribution in [3.8, 4) is 0 Å². The van der Waals surface area contributed by atoms with Gasteiger partial charge in [0.15, 0.2) is 0 Å². The predicted octanol–water partition coefficient (Wildman–Crippen LogP) is 3.02. The second-order valence-corrected chi connectivity index (χ2v) is 8.58. The molecule has 2 atom stereocenters. The molecule has 0 bridgehead atoms. The number of nitrogens with one attached hydrogen (secondary N) is 2. The highest BCUT2D eigenvalue weighted by molar-refractivity contribution is 7.89. The maximum Gasteiger partial charge on any atom is 0.242 e. The van der Waals surface area contributed by atoms with Gasteiger partial charge in [0.2, 0.25) is 10.0 Å². The highest BCUT2D eigenvalue weighted by Gasteiger charge is 2.28. The van der Waals surface area contributed by atoms with E-state index in [1.165, 1.54) is 17.8 Å². The minimum atomic E-state index is -3.41. The van der Waals surface area contributed by atoms with Crippen LogP contribution in [-0.4, -0.2) is 21.5 Å². The third-order valence-corrected chi connectivity index (χ3v) is 7.26. The first-order valence-electron chi connectivity index (χ1n) is 7.71. The van der Waals surface area contributed by atoms with Crippen molar-refractivity contribution in [1.82, 2.24) is 10.0 Å². The van der Waals surface area contributed by atoms with Crippen LogP contribution < -0.4 is 10.0 Å². The van der Waals surface area contributed by atoms with Crippen LogP contribution in [-0.2, 0) is 16.6 Å². The van der Waals surface area contributed by atoms with Gasteiger partial charge in [0, 0.05) is 17.5 Å². The average molecular weight is 331 g/mol. The molecular weight excluding hydrogens is 304 g/mol. The number of aryl methyl sites for hydroxylation is 1. The van der Waals surface area contributed by atoms with E-state index in [0.717, 1.165) is 36.1 Å². The maximum absolute atomic E-state index is 12.7. The van der Waals surface area contributed by atoms with Crippen LogP contribution in [0.15, 0.2) is 10.3 Å². The van der Waals surface area contributed by atoms with Crippen molar-refractivity contribution < 1.29 is 8.42 Å². The Bertz CT molecular complexity index is 566. The van der Waals surface area contributed by atoms with E-state index in [2.05, 4.69) is 17.0 Å². The summed E-state index contributed by atoms with van der Waals surface area (Å²) in [5.41, 5.74) is 0.848. The first kappa shape index (κ1) is 16.9. The summed E-state index contributed by atoms with van der Waals surface area (Å²) in [5, 5.41) is 4.98. The monoisotopic (exact) mass is 330 g/mol. The zero-order valence-corrected chi connectivity index (χ0v) is 14.7. The van der Waals surface area contributed by atoms with Gasteiger partial charge in [-0.3, -0.25) is 0 Å². The van der Waals surface area contributed by atoms with E-state index < -0.39 is 10.0 Å². The Morgan fingerprint density at radius 1 is 1.38 bits per heavy atom.